The number of fused-ring (bicyclic) bond motifs is 15. The average Bonchev–Trinajstić information content (AvgIpc) is 3.67. The Labute approximate surface area is 235 Å². The number of allylic oxidation sites excluding steroid dienone is 4. The molecule has 0 N–H and O–H groups in total. The summed E-state index contributed by atoms with van der Waals surface area (Å²) in [7, 11) is 0. The monoisotopic (exact) mass is 526 g/mol. The first kappa shape index (κ1) is 20.6. The minimum atomic E-state index is 0.246. The highest BCUT2D eigenvalue weighted by atomic mass is 32.1. The van der Waals surface area contributed by atoms with Gasteiger partial charge >= 0.3 is 0 Å². The summed E-state index contributed by atoms with van der Waals surface area (Å²) in [6.07, 6.45) is 9.34. The number of para-hydroxylation sites is 2. The van der Waals surface area contributed by atoms with E-state index in [1.165, 1.54) is 75.6 Å². The van der Waals surface area contributed by atoms with Gasteiger partial charge in [-0.1, -0.05) is 66.7 Å². The smallest absolute Gasteiger partial charge is 0.264 e. The molecule has 4 heteroatoms. The van der Waals surface area contributed by atoms with Crippen LogP contribution in [0.25, 0.3) is 59.7 Å². The summed E-state index contributed by atoms with van der Waals surface area (Å²) >= 11 is 2.00. The van der Waals surface area contributed by atoms with Crippen LogP contribution in [0.5, 0.6) is 0 Å². The van der Waals surface area contributed by atoms with Gasteiger partial charge in [-0.3, -0.25) is 0 Å². The maximum Gasteiger partial charge on any atom is 0.264 e. The predicted octanol–water partition coefficient (Wildman–Crippen LogP) is 7.14. The van der Waals surface area contributed by atoms with Gasteiger partial charge in [0.25, 0.3) is 6.71 Å². The van der Waals surface area contributed by atoms with E-state index in [9.17, 15) is 0 Å². The first-order valence-electron chi connectivity index (χ1n) is 14.5. The number of hydrogen-bond donors (Lipinski definition) is 0. The third-order valence-electron chi connectivity index (χ3n) is 10.1. The number of thiophene rings is 1. The van der Waals surface area contributed by atoms with Gasteiger partial charge in [-0.05, 0) is 77.6 Å². The second-order valence-corrected chi connectivity index (χ2v) is 12.9. The topological polar surface area (TPSA) is 9.86 Å². The highest BCUT2D eigenvalue weighted by molar-refractivity contribution is 7.33. The highest BCUT2D eigenvalue weighted by Crippen LogP contribution is 2.47. The Hall–Kier alpha value is -4.28. The van der Waals surface area contributed by atoms with Gasteiger partial charge in [0.1, 0.15) is 0 Å². The van der Waals surface area contributed by atoms with Crippen molar-refractivity contribution in [2.45, 2.75) is 25.7 Å². The van der Waals surface area contributed by atoms with Crippen molar-refractivity contribution in [1.29, 1.82) is 0 Å². The van der Waals surface area contributed by atoms with E-state index in [0.717, 1.165) is 25.7 Å². The molecule has 4 aromatic carbocycles. The first-order valence-corrected chi connectivity index (χ1v) is 15.3. The van der Waals surface area contributed by atoms with Crippen LogP contribution in [0.15, 0.2) is 96.6 Å². The molecule has 4 aliphatic rings. The highest BCUT2D eigenvalue weighted by Gasteiger charge is 2.44. The van der Waals surface area contributed by atoms with Crippen LogP contribution in [-0.2, 0) is 6.42 Å². The Morgan fingerprint density at radius 1 is 0.725 bits per heavy atom. The number of aromatic nitrogens is 2. The zero-order valence-corrected chi connectivity index (χ0v) is 22.7. The fourth-order valence-corrected chi connectivity index (χ4v) is 9.95. The molecule has 2 nitrogen and oxygen atoms in total. The molecule has 3 aromatic heterocycles. The van der Waals surface area contributed by atoms with Crippen LogP contribution in [-0.4, -0.2) is 15.8 Å². The standard InChI is InChI=1S/C36H23BN2S/c1-2-10-21-20(9-1)17-18-23-26-19-25-22-11-3-6-14-28(22)38-33(25)31-34(26)39(32(21)23)29-15-7-5-13-27(29)37(31)36-35(38)24-12-4-8-16-30(24)40-36/h1,3-9,11-16,19H,2,10,17-18H2. The third-order valence-corrected chi connectivity index (χ3v) is 11.3. The van der Waals surface area contributed by atoms with E-state index in [2.05, 4.69) is 100 Å². The number of rotatable bonds is 0. The van der Waals surface area contributed by atoms with Crippen molar-refractivity contribution in [1.82, 2.24) is 9.13 Å². The molecule has 11 rings (SSSR count). The molecule has 0 saturated carbocycles. The molecule has 2 aliphatic heterocycles. The maximum absolute atomic E-state index is 2.69. The van der Waals surface area contributed by atoms with Crippen molar-refractivity contribution in [3.8, 4) is 11.4 Å². The van der Waals surface area contributed by atoms with E-state index in [0.29, 0.717) is 0 Å². The Kier molecular flexibility index (Phi) is 3.55. The molecular weight excluding hydrogens is 503 g/mol. The van der Waals surface area contributed by atoms with Crippen LogP contribution in [0.3, 0.4) is 0 Å². The van der Waals surface area contributed by atoms with Crippen molar-refractivity contribution in [2.75, 3.05) is 0 Å². The Morgan fingerprint density at radius 3 is 2.52 bits per heavy atom. The van der Waals surface area contributed by atoms with Gasteiger partial charge in [-0.25, -0.2) is 0 Å². The van der Waals surface area contributed by atoms with E-state index in [4.69, 9.17) is 0 Å². The Balaban J connectivity index is 1.45. The van der Waals surface area contributed by atoms with Crippen LogP contribution in [0.1, 0.15) is 30.5 Å². The number of benzene rings is 4. The van der Waals surface area contributed by atoms with Crippen molar-refractivity contribution >= 4 is 82.1 Å². The number of aryl methyl sites for hydroxylation is 1. The van der Waals surface area contributed by atoms with Gasteiger partial charge in [0, 0.05) is 36.7 Å². The van der Waals surface area contributed by atoms with Crippen molar-refractivity contribution < 1.29 is 0 Å². The van der Waals surface area contributed by atoms with Crippen molar-refractivity contribution in [2.24, 2.45) is 0 Å². The first-order chi connectivity index (χ1) is 19.9. The fourth-order valence-electron chi connectivity index (χ4n) is 8.63. The lowest BCUT2D eigenvalue weighted by atomic mass is 9.37. The van der Waals surface area contributed by atoms with Crippen LogP contribution in [0.2, 0.25) is 0 Å². The second kappa shape index (κ2) is 6.89. The largest absolute Gasteiger partial charge is 0.310 e. The summed E-state index contributed by atoms with van der Waals surface area (Å²) < 4.78 is 8.19. The summed E-state index contributed by atoms with van der Waals surface area (Å²) in [6.45, 7) is 0.246. The molecule has 5 heterocycles. The quantitative estimate of drug-likeness (QED) is 0.186. The average molecular weight is 526 g/mol. The van der Waals surface area contributed by atoms with Gasteiger partial charge < -0.3 is 9.13 Å². The lowest BCUT2D eigenvalue weighted by molar-refractivity contribution is 0.880. The minimum Gasteiger partial charge on any atom is -0.310 e. The zero-order valence-electron chi connectivity index (χ0n) is 21.9. The molecule has 0 amide bonds. The lowest BCUT2D eigenvalue weighted by Gasteiger charge is -2.32. The van der Waals surface area contributed by atoms with Gasteiger partial charge in [0.15, 0.2) is 0 Å². The maximum atomic E-state index is 2.69. The summed E-state index contributed by atoms with van der Waals surface area (Å²) in [5.41, 5.74) is 16.1. The normalized spacial score (nSPS) is 16.4. The van der Waals surface area contributed by atoms with E-state index in [1.807, 2.05) is 11.3 Å². The summed E-state index contributed by atoms with van der Waals surface area (Å²) in [5.74, 6) is 0. The molecular formula is C36H23BN2S. The molecule has 40 heavy (non-hydrogen) atoms. The van der Waals surface area contributed by atoms with Crippen molar-refractivity contribution in [3.05, 3.63) is 108 Å². The fraction of sp³-hybridized carbons (Fsp3) is 0.111. The number of hydrogen-bond acceptors (Lipinski definition) is 1. The molecule has 0 atom stereocenters. The molecule has 0 fully saturated rings. The molecule has 0 bridgehead atoms. The van der Waals surface area contributed by atoms with E-state index in [1.54, 1.807) is 16.7 Å². The Bertz CT molecular complexity index is 2390. The molecule has 0 spiro atoms. The number of nitrogens with zero attached hydrogens (tertiary/aromatic N) is 2. The van der Waals surface area contributed by atoms with Crippen LogP contribution >= 0.6 is 11.3 Å². The van der Waals surface area contributed by atoms with Gasteiger partial charge in [-0.15, -0.1) is 11.3 Å². The predicted molar refractivity (Wildman–Crippen MR) is 171 cm³/mol. The van der Waals surface area contributed by atoms with E-state index >= 15 is 0 Å². The summed E-state index contributed by atoms with van der Waals surface area (Å²) in [5, 5.41) is 5.63. The van der Waals surface area contributed by atoms with Gasteiger partial charge in [0.05, 0.1) is 27.9 Å². The molecule has 7 aromatic rings. The molecule has 2 aliphatic carbocycles. The second-order valence-electron chi connectivity index (χ2n) is 11.8. The van der Waals surface area contributed by atoms with Gasteiger partial charge in [-0.2, -0.15) is 0 Å². The lowest BCUT2D eigenvalue weighted by Crippen LogP contribution is -2.58. The Morgan fingerprint density at radius 2 is 1.55 bits per heavy atom. The van der Waals surface area contributed by atoms with Crippen LogP contribution < -0.4 is 15.7 Å². The molecule has 0 unspecified atom stereocenters. The van der Waals surface area contributed by atoms with E-state index < -0.39 is 0 Å². The SMILES string of the molecule is C1=CC2=C(CC1)c1c(c3cc4c5ccccc5n5c4c4c3n1-c1ccccc1B4c1sc3ccccc3c1-5)CC2. The minimum absolute atomic E-state index is 0.246. The van der Waals surface area contributed by atoms with Crippen LogP contribution in [0, 0.1) is 0 Å². The summed E-state index contributed by atoms with van der Waals surface area (Å²) in [4.78, 5) is 0. The molecule has 0 saturated heterocycles. The molecule has 186 valence electrons. The summed E-state index contributed by atoms with van der Waals surface area (Å²) in [6, 6.07) is 30.0. The van der Waals surface area contributed by atoms with Gasteiger partial charge in [0.2, 0.25) is 0 Å². The van der Waals surface area contributed by atoms with Crippen molar-refractivity contribution in [3.63, 3.8) is 0 Å². The van der Waals surface area contributed by atoms with E-state index in [-0.39, 0.29) is 6.71 Å². The molecule has 0 radical (unpaired) electrons. The third kappa shape index (κ3) is 2.18. The zero-order chi connectivity index (χ0) is 25.7. The van der Waals surface area contributed by atoms with Crippen LogP contribution in [0.4, 0.5) is 0 Å².